The minimum Gasteiger partial charge on any atom is -0.381 e. The Morgan fingerprint density at radius 1 is 1.00 bits per heavy atom. The van der Waals surface area contributed by atoms with Crippen LogP contribution in [0.2, 0.25) is 5.02 Å². The number of anilines is 1. The second-order valence-corrected chi connectivity index (χ2v) is 6.99. The number of hydrogen-bond acceptors (Lipinski definition) is 1. The van der Waals surface area contributed by atoms with E-state index in [0.29, 0.717) is 6.04 Å². The first-order valence-electron chi connectivity index (χ1n) is 6.11. The predicted molar refractivity (Wildman–Crippen MR) is 88.1 cm³/mol. The normalized spacial score (nSPS) is 17.3. The van der Waals surface area contributed by atoms with Crippen molar-refractivity contribution in [1.82, 2.24) is 0 Å². The third-order valence-corrected chi connectivity index (χ3v) is 4.78. The van der Waals surface area contributed by atoms with Crippen molar-refractivity contribution in [3.05, 3.63) is 61.5 Å². The van der Waals surface area contributed by atoms with E-state index in [9.17, 15) is 0 Å². The van der Waals surface area contributed by atoms with E-state index >= 15 is 0 Å². The molecule has 19 heavy (non-hydrogen) atoms. The van der Waals surface area contributed by atoms with E-state index in [2.05, 4.69) is 61.4 Å². The topological polar surface area (TPSA) is 12.0 Å². The first kappa shape index (κ1) is 13.5. The van der Waals surface area contributed by atoms with Crippen molar-refractivity contribution in [2.45, 2.75) is 18.9 Å². The molecule has 1 atom stereocenters. The fourth-order valence-corrected chi connectivity index (χ4v) is 3.87. The first-order chi connectivity index (χ1) is 9.11. The van der Waals surface area contributed by atoms with Crippen LogP contribution < -0.4 is 5.32 Å². The quantitative estimate of drug-likeness (QED) is 0.706. The number of hydrogen-bond donors (Lipinski definition) is 1. The Kier molecular flexibility index (Phi) is 3.88. The highest BCUT2D eigenvalue weighted by molar-refractivity contribution is 9.11. The minimum absolute atomic E-state index is 0.436. The molecule has 0 saturated heterocycles. The lowest BCUT2D eigenvalue weighted by Gasteiger charge is -2.15. The monoisotopic (exact) mass is 399 g/mol. The number of fused-ring (bicyclic) bond motifs is 1. The molecule has 3 rings (SSSR count). The lowest BCUT2D eigenvalue weighted by atomic mass is 10.1. The van der Waals surface area contributed by atoms with Gasteiger partial charge in [0.05, 0.1) is 0 Å². The highest BCUT2D eigenvalue weighted by Gasteiger charge is 2.21. The highest BCUT2D eigenvalue weighted by atomic mass is 79.9. The average molecular weight is 402 g/mol. The summed E-state index contributed by atoms with van der Waals surface area (Å²) in [6, 6.07) is 12.8. The van der Waals surface area contributed by atoms with Crippen LogP contribution in [0.15, 0.2) is 45.3 Å². The van der Waals surface area contributed by atoms with E-state index in [-0.39, 0.29) is 0 Å². The molecule has 98 valence electrons. The van der Waals surface area contributed by atoms with Gasteiger partial charge in [0.1, 0.15) is 0 Å². The number of rotatable bonds is 2. The Hall–Kier alpha value is -0.510. The summed E-state index contributed by atoms with van der Waals surface area (Å²) < 4.78 is 2.15. The number of benzene rings is 2. The van der Waals surface area contributed by atoms with Gasteiger partial charge >= 0.3 is 0 Å². The summed E-state index contributed by atoms with van der Waals surface area (Å²) in [6.45, 7) is 0. The summed E-state index contributed by atoms with van der Waals surface area (Å²) >= 11 is 13.1. The highest BCUT2D eigenvalue weighted by Crippen LogP contribution is 2.31. The third-order valence-electron chi connectivity index (χ3n) is 3.39. The van der Waals surface area contributed by atoms with Crippen LogP contribution in [0, 0.1) is 0 Å². The van der Waals surface area contributed by atoms with Gasteiger partial charge in [-0.2, -0.15) is 0 Å². The zero-order valence-corrected chi connectivity index (χ0v) is 14.0. The summed E-state index contributed by atoms with van der Waals surface area (Å²) in [5, 5.41) is 4.42. The second-order valence-electron chi connectivity index (χ2n) is 4.79. The van der Waals surface area contributed by atoms with E-state index in [4.69, 9.17) is 11.6 Å². The van der Waals surface area contributed by atoms with E-state index in [1.165, 1.54) is 11.1 Å². The SMILES string of the molecule is Clc1ccc2c(c1)CC(Nc1ccc(Br)cc1Br)C2. The zero-order chi connectivity index (χ0) is 13.4. The van der Waals surface area contributed by atoms with Crippen LogP contribution in [0.25, 0.3) is 0 Å². The fraction of sp³-hybridized carbons (Fsp3) is 0.200. The van der Waals surface area contributed by atoms with E-state index < -0.39 is 0 Å². The van der Waals surface area contributed by atoms with Crippen molar-refractivity contribution in [2.75, 3.05) is 5.32 Å². The fourth-order valence-electron chi connectivity index (χ4n) is 2.52. The van der Waals surface area contributed by atoms with Crippen LogP contribution in [0.1, 0.15) is 11.1 Å². The Bertz CT molecular complexity index is 628. The Labute approximate surface area is 134 Å². The standard InChI is InChI=1S/C15H12Br2ClN/c16-11-2-4-15(14(17)8-11)19-13-6-9-1-3-12(18)5-10(9)7-13/h1-5,8,13,19H,6-7H2. The van der Waals surface area contributed by atoms with Gasteiger partial charge in [0.25, 0.3) is 0 Å². The van der Waals surface area contributed by atoms with Crippen LogP contribution in [-0.2, 0) is 12.8 Å². The smallest absolute Gasteiger partial charge is 0.0487 e. The van der Waals surface area contributed by atoms with Gasteiger partial charge in [0, 0.05) is 25.7 Å². The lowest BCUT2D eigenvalue weighted by molar-refractivity contribution is 0.773. The predicted octanol–water partition coefficient (Wildman–Crippen LogP) is 5.44. The molecule has 0 spiro atoms. The molecule has 0 bridgehead atoms. The lowest BCUT2D eigenvalue weighted by Crippen LogP contribution is -2.19. The molecule has 4 heteroatoms. The van der Waals surface area contributed by atoms with Crippen molar-refractivity contribution >= 4 is 49.1 Å². The maximum Gasteiger partial charge on any atom is 0.0487 e. The molecule has 1 unspecified atom stereocenters. The van der Waals surface area contributed by atoms with Crippen molar-refractivity contribution in [1.29, 1.82) is 0 Å². The van der Waals surface area contributed by atoms with Crippen LogP contribution in [0.4, 0.5) is 5.69 Å². The van der Waals surface area contributed by atoms with E-state index in [1.54, 1.807) is 0 Å². The van der Waals surface area contributed by atoms with Crippen molar-refractivity contribution < 1.29 is 0 Å². The van der Waals surface area contributed by atoms with Gasteiger partial charge < -0.3 is 5.32 Å². The van der Waals surface area contributed by atoms with Crippen LogP contribution in [0.3, 0.4) is 0 Å². The Morgan fingerprint density at radius 2 is 1.79 bits per heavy atom. The van der Waals surface area contributed by atoms with Gasteiger partial charge in [-0.25, -0.2) is 0 Å². The summed E-state index contributed by atoms with van der Waals surface area (Å²) in [7, 11) is 0. The van der Waals surface area contributed by atoms with Crippen molar-refractivity contribution in [2.24, 2.45) is 0 Å². The van der Waals surface area contributed by atoms with Gasteiger partial charge in [-0.05, 0) is 70.2 Å². The molecular weight excluding hydrogens is 389 g/mol. The van der Waals surface area contributed by atoms with Crippen LogP contribution in [-0.4, -0.2) is 6.04 Å². The number of halogens is 3. The molecule has 2 aromatic carbocycles. The molecule has 0 radical (unpaired) electrons. The maximum atomic E-state index is 6.04. The van der Waals surface area contributed by atoms with Crippen molar-refractivity contribution in [3.63, 3.8) is 0 Å². The molecule has 1 N–H and O–H groups in total. The van der Waals surface area contributed by atoms with Gasteiger partial charge in [-0.15, -0.1) is 0 Å². The van der Waals surface area contributed by atoms with E-state index in [0.717, 1.165) is 32.5 Å². The first-order valence-corrected chi connectivity index (χ1v) is 8.07. The summed E-state index contributed by atoms with van der Waals surface area (Å²) in [6.07, 6.45) is 2.08. The van der Waals surface area contributed by atoms with Gasteiger partial charge in [-0.1, -0.05) is 33.6 Å². The second kappa shape index (κ2) is 5.47. The molecular formula is C15H12Br2ClN. The molecule has 0 amide bonds. The van der Waals surface area contributed by atoms with Gasteiger partial charge in [-0.3, -0.25) is 0 Å². The largest absolute Gasteiger partial charge is 0.381 e. The Balaban J connectivity index is 1.77. The molecule has 0 aromatic heterocycles. The maximum absolute atomic E-state index is 6.04. The molecule has 1 aliphatic rings. The molecule has 0 fully saturated rings. The van der Waals surface area contributed by atoms with Gasteiger partial charge in [0.2, 0.25) is 0 Å². The molecule has 0 heterocycles. The third kappa shape index (κ3) is 2.99. The average Bonchev–Trinajstić information content (AvgIpc) is 2.74. The van der Waals surface area contributed by atoms with E-state index in [1.807, 2.05) is 12.1 Å². The number of nitrogens with one attached hydrogen (secondary N) is 1. The molecule has 1 nitrogen and oxygen atoms in total. The van der Waals surface area contributed by atoms with Crippen LogP contribution >= 0.6 is 43.5 Å². The minimum atomic E-state index is 0.436. The molecule has 2 aromatic rings. The summed E-state index contributed by atoms with van der Waals surface area (Å²) in [4.78, 5) is 0. The summed E-state index contributed by atoms with van der Waals surface area (Å²) in [5.41, 5.74) is 3.89. The Morgan fingerprint density at radius 3 is 2.58 bits per heavy atom. The molecule has 0 saturated carbocycles. The summed E-state index contributed by atoms with van der Waals surface area (Å²) in [5.74, 6) is 0. The van der Waals surface area contributed by atoms with Crippen molar-refractivity contribution in [3.8, 4) is 0 Å². The molecule has 0 aliphatic heterocycles. The van der Waals surface area contributed by atoms with Gasteiger partial charge in [0.15, 0.2) is 0 Å². The molecule has 1 aliphatic carbocycles. The zero-order valence-electron chi connectivity index (χ0n) is 10.1. The van der Waals surface area contributed by atoms with Crippen LogP contribution in [0.5, 0.6) is 0 Å².